The average Bonchev–Trinajstić information content (AvgIpc) is 3.05. The van der Waals surface area contributed by atoms with Crippen molar-refractivity contribution in [3.63, 3.8) is 0 Å². The molecule has 5 nitrogen and oxygen atoms in total. The first-order valence-corrected chi connectivity index (χ1v) is 7.56. The van der Waals surface area contributed by atoms with Crippen LogP contribution in [0.1, 0.15) is 5.56 Å². The van der Waals surface area contributed by atoms with Crippen LogP contribution in [0.5, 0.6) is 0 Å². The summed E-state index contributed by atoms with van der Waals surface area (Å²) in [4.78, 5) is 0. The Balaban J connectivity index is 1.48. The molecule has 0 fully saturated rings. The molecule has 0 saturated carbocycles. The number of ether oxygens (including phenoxy) is 1. The Kier molecular flexibility index (Phi) is 5.13. The highest BCUT2D eigenvalue weighted by atomic mass is 16.5. The van der Waals surface area contributed by atoms with E-state index >= 15 is 0 Å². The van der Waals surface area contributed by atoms with E-state index in [1.165, 1.54) is 0 Å². The lowest BCUT2D eigenvalue weighted by Gasteiger charge is -2.11. The molecule has 1 N–H and O–H groups in total. The Labute approximate surface area is 135 Å². The van der Waals surface area contributed by atoms with Gasteiger partial charge in [-0.2, -0.15) is 0 Å². The first-order valence-electron chi connectivity index (χ1n) is 7.56. The van der Waals surface area contributed by atoms with E-state index in [1.807, 2.05) is 66.9 Å². The maximum absolute atomic E-state index is 10.0. The summed E-state index contributed by atoms with van der Waals surface area (Å²) in [7, 11) is 0. The maximum Gasteiger partial charge on any atom is 0.113 e. The van der Waals surface area contributed by atoms with Crippen molar-refractivity contribution < 1.29 is 9.84 Å². The minimum Gasteiger partial charge on any atom is -0.389 e. The Bertz CT molecular complexity index is 713. The highest BCUT2D eigenvalue weighted by molar-refractivity contribution is 5.57. The summed E-state index contributed by atoms with van der Waals surface area (Å²) in [6.07, 6.45) is 1.21. The van der Waals surface area contributed by atoms with Crippen LogP contribution >= 0.6 is 0 Å². The molecule has 1 atom stereocenters. The molecule has 2 aromatic carbocycles. The predicted octanol–water partition coefficient (Wildman–Crippen LogP) is 2.52. The van der Waals surface area contributed by atoms with E-state index in [4.69, 9.17) is 4.74 Å². The standard InChI is InChI=1S/C18H19N3O2/c22-17(14-23-13-15-7-3-1-4-8-15)11-21-12-18(19-20-21)16-9-5-2-6-10-16/h1-10,12,17,22H,11,13-14H2/t17-/m0/s1. The molecule has 0 bridgehead atoms. The number of nitrogens with zero attached hydrogens (tertiary/aromatic N) is 3. The first-order chi connectivity index (χ1) is 11.3. The van der Waals surface area contributed by atoms with Gasteiger partial charge in [0.25, 0.3) is 0 Å². The Morgan fingerprint density at radius 2 is 1.70 bits per heavy atom. The number of aliphatic hydroxyl groups is 1. The van der Waals surface area contributed by atoms with Crippen molar-refractivity contribution in [2.24, 2.45) is 0 Å². The molecule has 3 rings (SSSR count). The molecule has 0 aliphatic rings. The van der Waals surface area contributed by atoms with E-state index in [9.17, 15) is 5.11 Å². The van der Waals surface area contributed by atoms with Crippen LogP contribution in [0.3, 0.4) is 0 Å². The molecule has 23 heavy (non-hydrogen) atoms. The maximum atomic E-state index is 10.0. The molecule has 1 aromatic heterocycles. The summed E-state index contributed by atoms with van der Waals surface area (Å²) in [5, 5.41) is 18.2. The van der Waals surface area contributed by atoms with Crippen LogP contribution in [0.15, 0.2) is 66.9 Å². The third-order valence-electron chi connectivity index (χ3n) is 3.43. The van der Waals surface area contributed by atoms with Gasteiger partial charge < -0.3 is 9.84 Å². The quantitative estimate of drug-likeness (QED) is 0.728. The van der Waals surface area contributed by atoms with Gasteiger partial charge in [0.05, 0.1) is 32.1 Å². The summed E-state index contributed by atoms with van der Waals surface area (Å²) < 4.78 is 7.17. The molecule has 0 amide bonds. The summed E-state index contributed by atoms with van der Waals surface area (Å²) >= 11 is 0. The van der Waals surface area contributed by atoms with Crippen molar-refractivity contribution in [1.82, 2.24) is 15.0 Å². The van der Waals surface area contributed by atoms with Crippen LogP contribution in [-0.4, -0.2) is 32.8 Å². The van der Waals surface area contributed by atoms with E-state index in [0.29, 0.717) is 13.2 Å². The van der Waals surface area contributed by atoms with E-state index in [1.54, 1.807) is 4.68 Å². The first kappa shape index (κ1) is 15.4. The van der Waals surface area contributed by atoms with Crippen molar-refractivity contribution >= 4 is 0 Å². The van der Waals surface area contributed by atoms with Gasteiger partial charge in [-0.1, -0.05) is 65.9 Å². The van der Waals surface area contributed by atoms with E-state index in [2.05, 4.69) is 10.3 Å². The SMILES string of the molecule is O[C@H](COCc1ccccc1)Cn1cc(-c2ccccc2)nn1. The van der Waals surface area contributed by atoms with Gasteiger partial charge >= 0.3 is 0 Å². The van der Waals surface area contributed by atoms with Crippen molar-refractivity contribution in [1.29, 1.82) is 0 Å². The van der Waals surface area contributed by atoms with Crippen molar-refractivity contribution in [2.45, 2.75) is 19.3 Å². The van der Waals surface area contributed by atoms with Gasteiger partial charge in [-0.25, -0.2) is 4.68 Å². The Hall–Kier alpha value is -2.50. The molecule has 0 saturated heterocycles. The van der Waals surface area contributed by atoms with Crippen LogP contribution in [0.4, 0.5) is 0 Å². The lowest BCUT2D eigenvalue weighted by atomic mass is 10.2. The Morgan fingerprint density at radius 3 is 2.43 bits per heavy atom. The fourth-order valence-corrected chi connectivity index (χ4v) is 2.28. The van der Waals surface area contributed by atoms with Crippen molar-refractivity contribution in [3.8, 4) is 11.3 Å². The summed E-state index contributed by atoms with van der Waals surface area (Å²) in [6, 6.07) is 19.7. The zero-order valence-corrected chi connectivity index (χ0v) is 12.7. The molecule has 0 radical (unpaired) electrons. The number of rotatable bonds is 7. The predicted molar refractivity (Wildman–Crippen MR) is 87.6 cm³/mol. The third-order valence-corrected chi connectivity index (χ3v) is 3.43. The average molecular weight is 309 g/mol. The van der Waals surface area contributed by atoms with Gasteiger partial charge in [0.1, 0.15) is 5.69 Å². The number of hydrogen-bond donors (Lipinski definition) is 1. The molecule has 118 valence electrons. The topological polar surface area (TPSA) is 60.2 Å². The molecule has 1 heterocycles. The van der Waals surface area contributed by atoms with E-state index in [-0.39, 0.29) is 6.61 Å². The minimum atomic E-state index is -0.621. The van der Waals surface area contributed by atoms with Crippen LogP contribution < -0.4 is 0 Å². The number of benzene rings is 2. The smallest absolute Gasteiger partial charge is 0.113 e. The third kappa shape index (κ3) is 4.48. The lowest BCUT2D eigenvalue weighted by molar-refractivity contribution is 0.0185. The normalized spacial score (nSPS) is 12.2. The summed E-state index contributed by atoms with van der Waals surface area (Å²) in [5.74, 6) is 0. The zero-order chi connectivity index (χ0) is 15.9. The second-order valence-electron chi connectivity index (χ2n) is 5.35. The molecule has 0 aliphatic heterocycles. The van der Waals surface area contributed by atoms with Crippen molar-refractivity contribution in [3.05, 3.63) is 72.4 Å². The number of hydrogen-bond acceptors (Lipinski definition) is 4. The molecule has 5 heteroatoms. The largest absolute Gasteiger partial charge is 0.389 e. The molecule has 0 spiro atoms. The molecular weight excluding hydrogens is 290 g/mol. The van der Waals surface area contributed by atoms with Gasteiger partial charge in [-0.3, -0.25) is 0 Å². The summed E-state index contributed by atoms with van der Waals surface area (Å²) in [6.45, 7) is 1.11. The van der Waals surface area contributed by atoms with Gasteiger partial charge in [0.2, 0.25) is 0 Å². The van der Waals surface area contributed by atoms with Crippen LogP contribution in [-0.2, 0) is 17.9 Å². The number of aromatic nitrogens is 3. The molecule has 3 aromatic rings. The highest BCUT2D eigenvalue weighted by Crippen LogP contribution is 2.14. The van der Waals surface area contributed by atoms with Gasteiger partial charge in [0.15, 0.2) is 0 Å². The fourth-order valence-electron chi connectivity index (χ4n) is 2.28. The van der Waals surface area contributed by atoms with Gasteiger partial charge in [-0.15, -0.1) is 5.10 Å². The second-order valence-corrected chi connectivity index (χ2v) is 5.35. The molecule has 0 unspecified atom stereocenters. The van der Waals surface area contributed by atoms with Crippen LogP contribution in [0.25, 0.3) is 11.3 Å². The molecule has 0 aliphatic carbocycles. The fraction of sp³-hybridized carbons (Fsp3) is 0.222. The van der Waals surface area contributed by atoms with Crippen molar-refractivity contribution in [2.75, 3.05) is 6.61 Å². The zero-order valence-electron chi connectivity index (χ0n) is 12.7. The van der Waals surface area contributed by atoms with E-state index < -0.39 is 6.10 Å². The van der Waals surface area contributed by atoms with Gasteiger partial charge in [0, 0.05) is 5.56 Å². The van der Waals surface area contributed by atoms with Crippen LogP contribution in [0, 0.1) is 0 Å². The molecular formula is C18H19N3O2. The summed E-state index contributed by atoms with van der Waals surface area (Å²) in [5.41, 5.74) is 2.89. The monoisotopic (exact) mass is 309 g/mol. The Morgan fingerprint density at radius 1 is 1.00 bits per heavy atom. The number of aliphatic hydroxyl groups excluding tert-OH is 1. The van der Waals surface area contributed by atoms with Crippen LogP contribution in [0.2, 0.25) is 0 Å². The van der Waals surface area contributed by atoms with E-state index in [0.717, 1.165) is 16.8 Å². The lowest BCUT2D eigenvalue weighted by Crippen LogP contribution is -2.22. The minimum absolute atomic E-state index is 0.259. The highest BCUT2D eigenvalue weighted by Gasteiger charge is 2.09. The van der Waals surface area contributed by atoms with Gasteiger partial charge in [-0.05, 0) is 5.56 Å². The second kappa shape index (κ2) is 7.67.